The summed E-state index contributed by atoms with van der Waals surface area (Å²) in [5.74, 6) is 0.702. The predicted octanol–water partition coefficient (Wildman–Crippen LogP) is 4.04. The van der Waals surface area contributed by atoms with Crippen LogP contribution in [-0.4, -0.2) is 16.1 Å². The molecule has 3 nitrogen and oxygen atoms in total. The minimum atomic E-state index is 0.472. The molecule has 0 amide bonds. The Kier molecular flexibility index (Phi) is 6.48. The van der Waals surface area contributed by atoms with Crippen LogP contribution in [0.2, 0.25) is 0 Å². The van der Waals surface area contributed by atoms with Gasteiger partial charge in [0.25, 0.3) is 0 Å². The van der Waals surface area contributed by atoms with Gasteiger partial charge in [0, 0.05) is 25.0 Å². The molecule has 2 rings (SSSR count). The van der Waals surface area contributed by atoms with Crippen molar-refractivity contribution in [2.24, 2.45) is 5.92 Å². The van der Waals surface area contributed by atoms with Crippen LogP contribution in [-0.2, 0) is 6.54 Å². The number of aromatic nitrogens is 2. The van der Waals surface area contributed by atoms with E-state index in [0.29, 0.717) is 12.0 Å². The molecule has 3 heteroatoms. The Bertz CT molecular complexity index is 476. The van der Waals surface area contributed by atoms with E-state index in [1.165, 1.54) is 24.8 Å². The number of nitrogens with one attached hydrogen (secondary N) is 1. The number of rotatable bonds is 9. The lowest BCUT2D eigenvalue weighted by atomic mass is 9.97. The molecule has 0 spiro atoms. The molecule has 0 aliphatic carbocycles. The number of nitrogens with zero attached hydrogens (tertiary/aromatic N) is 2. The van der Waals surface area contributed by atoms with Crippen LogP contribution in [0.1, 0.15) is 44.7 Å². The lowest BCUT2D eigenvalue weighted by Crippen LogP contribution is -2.24. The second-order valence-corrected chi connectivity index (χ2v) is 6.05. The maximum atomic E-state index is 4.07. The molecular formula is C18H27N3. The number of hydrogen-bond acceptors (Lipinski definition) is 2. The van der Waals surface area contributed by atoms with Crippen molar-refractivity contribution in [3.05, 3.63) is 54.6 Å². The van der Waals surface area contributed by atoms with Crippen LogP contribution in [0.25, 0.3) is 0 Å². The highest BCUT2D eigenvalue weighted by Gasteiger charge is 2.11. The van der Waals surface area contributed by atoms with Crippen LogP contribution in [0.3, 0.4) is 0 Å². The molecule has 2 aromatic rings. The zero-order valence-electron chi connectivity index (χ0n) is 13.2. The molecule has 0 radical (unpaired) electrons. The summed E-state index contributed by atoms with van der Waals surface area (Å²) in [6.07, 6.45) is 9.32. The molecule has 114 valence electrons. The summed E-state index contributed by atoms with van der Waals surface area (Å²) in [4.78, 5) is 4.07. The van der Waals surface area contributed by atoms with Gasteiger partial charge in [-0.15, -0.1) is 0 Å². The minimum Gasteiger partial charge on any atom is -0.337 e. The van der Waals surface area contributed by atoms with Gasteiger partial charge in [-0.25, -0.2) is 4.98 Å². The average molecular weight is 285 g/mol. The first kappa shape index (κ1) is 15.8. The zero-order chi connectivity index (χ0) is 14.9. The Morgan fingerprint density at radius 1 is 1.14 bits per heavy atom. The smallest absolute Gasteiger partial charge is 0.0945 e. The molecule has 1 N–H and O–H groups in total. The van der Waals surface area contributed by atoms with Crippen molar-refractivity contribution in [1.82, 2.24) is 14.9 Å². The quantitative estimate of drug-likeness (QED) is 0.705. The van der Waals surface area contributed by atoms with Gasteiger partial charge in [-0.05, 0) is 37.3 Å². The average Bonchev–Trinajstić information content (AvgIpc) is 2.99. The summed E-state index contributed by atoms with van der Waals surface area (Å²) >= 11 is 0. The Morgan fingerprint density at radius 3 is 2.62 bits per heavy atom. The van der Waals surface area contributed by atoms with Gasteiger partial charge in [0.15, 0.2) is 0 Å². The standard InChI is InChI=1S/C18H27N3/c1-16(2)14-18(17-8-4-3-5-9-17)20-10-6-7-12-21-13-11-19-15-21/h3-5,8-9,11,13,15-16,18,20H,6-7,10,12,14H2,1-2H3. The molecule has 21 heavy (non-hydrogen) atoms. The number of unbranched alkanes of at least 4 members (excludes halogenated alkanes) is 1. The highest BCUT2D eigenvalue weighted by atomic mass is 15.0. The first-order valence-electron chi connectivity index (χ1n) is 8.00. The minimum absolute atomic E-state index is 0.472. The largest absolute Gasteiger partial charge is 0.337 e. The van der Waals surface area contributed by atoms with E-state index in [-0.39, 0.29) is 0 Å². The highest BCUT2D eigenvalue weighted by molar-refractivity contribution is 5.18. The maximum absolute atomic E-state index is 4.07. The van der Waals surface area contributed by atoms with Crippen molar-refractivity contribution in [2.75, 3.05) is 6.54 Å². The fraction of sp³-hybridized carbons (Fsp3) is 0.500. The number of benzene rings is 1. The molecule has 0 aliphatic heterocycles. The second-order valence-electron chi connectivity index (χ2n) is 6.05. The van der Waals surface area contributed by atoms with Crippen molar-refractivity contribution in [2.45, 2.75) is 45.7 Å². The van der Waals surface area contributed by atoms with Gasteiger partial charge in [0.05, 0.1) is 6.33 Å². The van der Waals surface area contributed by atoms with E-state index in [1.807, 2.05) is 18.7 Å². The molecule has 0 bridgehead atoms. The molecule has 1 heterocycles. The lowest BCUT2D eigenvalue weighted by molar-refractivity contribution is 0.421. The summed E-state index contributed by atoms with van der Waals surface area (Å²) in [6, 6.07) is 11.3. The first-order valence-corrected chi connectivity index (χ1v) is 8.00. The Balaban J connectivity index is 1.74. The molecule has 0 fully saturated rings. The third-order valence-corrected chi connectivity index (χ3v) is 3.70. The summed E-state index contributed by atoms with van der Waals surface area (Å²) in [5, 5.41) is 3.72. The van der Waals surface area contributed by atoms with Crippen LogP contribution >= 0.6 is 0 Å². The SMILES string of the molecule is CC(C)CC(NCCCCn1ccnc1)c1ccccc1. The van der Waals surface area contributed by atoms with Gasteiger partial charge in [-0.1, -0.05) is 44.2 Å². The normalized spacial score (nSPS) is 12.7. The number of aryl methyl sites for hydroxylation is 1. The van der Waals surface area contributed by atoms with Gasteiger partial charge in [0.2, 0.25) is 0 Å². The van der Waals surface area contributed by atoms with E-state index in [1.54, 1.807) is 0 Å². The summed E-state index contributed by atoms with van der Waals surface area (Å²) < 4.78 is 2.14. The van der Waals surface area contributed by atoms with E-state index in [4.69, 9.17) is 0 Å². The number of hydrogen-bond donors (Lipinski definition) is 1. The third-order valence-electron chi connectivity index (χ3n) is 3.70. The van der Waals surface area contributed by atoms with Crippen LogP contribution in [0, 0.1) is 5.92 Å². The Morgan fingerprint density at radius 2 is 1.95 bits per heavy atom. The van der Waals surface area contributed by atoms with Crippen LogP contribution in [0.4, 0.5) is 0 Å². The molecule has 0 aliphatic rings. The molecule has 1 unspecified atom stereocenters. The number of imidazole rings is 1. The fourth-order valence-electron chi connectivity index (χ4n) is 2.61. The van der Waals surface area contributed by atoms with E-state index in [2.05, 4.69) is 59.0 Å². The molecule has 1 aromatic heterocycles. The van der Waals surface area contributed by atoms with Gasteiger partial charge in [-0.3, -0.25) is 0 Å². The predicted molar refractivity (Wildman–Crippen MR) is 88.1 cm³/mol. The van der Waals surface area contributed by atoms with E-state index >= 15 is 0 Å². The van der Waals surface area contributed by atoms with Gasteiger partial charge in [0.1, 0.15) is 0 Å². The van der Waals surface area contributed by atoms with Gasteiger partial charge < -0.3 is 9.88 Å². The van der Waals surface area contributed by atoms with Crippen LogP contribution in [0.15, 0.2) is 49.1 Å². The fourth-order valence-corrected chi connectivity index (χ4v) is 2.61. The van der Waals surface area contributed by atoms with Crippen LogP contribution in [0.5, 0.6) is 0 Å². The topological polar surface area (TPSA) is 29.9 Å². The van der Waals surface area contributed by atoms with Gasteiger partial charge in [-0.2, -0.15) is 0 Å². The Hall–Kier alpha value is -1.61. The molecule has 1 atom stereocenters. The Labute approximate surface area is 128 Å². The van der Waals surface area contributed by atoms with E-state index < -0.39 is 0 Å². The molecule has 0 saturated heterocycles. The summed E-state index contributed by atoms with van der Waals surface area (Å²) in [6.45, 7) is 6.70. The molecule has 1 aromatic carbocycles. The van der Waals surface area contributed by atoms with Crippen molar-refractivity contribution in [3.8, 4) is 0 Å². The van der Waals surface area contributed by atoms with Crippen LogP contribution < -0.4 is 5.32 Å². The van der Waals surface area contributed by atoms with E-state index in [0.717, 1.165) is 13.1 Å². The second kappa shape index (κ2) is 8.63. The van der Waals surface area contributed by atoms with Crippen molar-refractivity contribution in [3.63, 3.8) is 0 Å². The van der Waals surface area contributed by atoms with Crippen molar-refractivity contribution >= 4 is 0 Å². The summed E-state index contributed by atoms with van der Waals surface area (Å²) in [5.41, 5.74) is 1.40. The van der Waals surface area contributed by atoms with E-state index in [9.17, 15) is 0 Å². The third kappa shape index (κ3) is 5.72. The highest BCUT2D eigenvalue weighted by Crippen LogP contribution is 2.20. The zero-order valence-corrected chi connectivity index (χ0v) is 13.2. The van der Waals surface area contributed by atoms with Gasteiger partial charge >= 0.3 is 0 Å². The summed E-state index contributed by atoms with van der Waals surface area (Å²) in [7, 11) is 0. The maximum Gasteiger partial charge on any atom is 0.0945 e. The monoisotopic (exact) mass is 285 g/mol. The molecular weight excluding hydrogens is 258 g/mol. The first-order chi connectivity index (χ1) is 10.3. The van der Waals surface area contributed by atoms with Crippen molar-refractivity contribution in [1.29, 1.82) is 0 Å². The van der Waals surface area contributed by atoms with Crippen molar-refractivity contribution < 1.29 is 0 Å². The molecule has 0 saturated carbocycles. The lowest BCUT2D eigenvalue weighted by Gasteiger charge is -2.21.